The van der Waals surface area contributed by atoms with Gasteiger partial charge in [-0.15, -0.1) is 0 Å². The maximum absolute atomic E-state index is 13.8. The number of esters is 1. The van der Waals surface area contributed by atoms with Crippen LogP contribution in [0.2, 0.25) is 0 Å². The van der Waals surface area contributed by atoms with Crippen LogP contribution in [-0.2, 0) is 14.3 Å². The molecule has 2 rings (SSSR count). The SMILES string of the molecule is CC(C)(C)OC(=O)C[C@H](NC(=O)[C@H]1CCCNC1)C(O)COc1c(F)c(F)cc(F)c1F. The predicted octanol–water partition coefficient (Wildman–Crippen LogP) is 2.20. The smallest absolute Gasteiger partial charge is 0.308 e. The first-order valence-corrected chi connectivity index (χ1v) is 10.3. The third-order valence-corrected chi connectivity index (χ3v) is 4.74. The van der Waals surface area contributed by atoms with Crippen molar-refractivity contribution in [1.82, 2.24) is 10.6 Å². The van der Waals surface area contributed by atoms with E-state index in [0.29, 0.717) is 13.0 Å². The normalized spacial score (nSPS) is 18.6. The van der Waals surface area contributed by atoms with Crippen molar-refractivity contribution in [3.05, 3.63) is 29.3 Å². The molecule has 0 saturated carbocycles. The van der Waals surface area contributed by atoms with Gasteiger partial charge in [-0.1, -0.05) is 0 Å². The van der Waals surface area contributed by atoms with E-state index in [1.165, 1.54) is 0 Å². The van der Waals surface area contributed by atoms with Crippen molar-refractivity contribution in [2.75, 3.05) is 19.7 Å². The molecule has 0 aromatic heterocycles. The number of hydrogen-bond donors (Lipinski definition) is 3. The lowest BCUT2D eigenvalue weighted by Gasteiger charge is -2.29. The van der Waals surface area contributed by atoms with Crippen LogP contribution < -0.4 is 15.4 Å². The molecule has 1 saturated heterocycles. The molecule has 11 heteroatoms. The molecule has 1 aliphatic rings. The van der Waals surface area contributed by atoms with E-state index in [9.17, 15) is 32.3 Å². The van der Waals surface area contributed by atoms with Gasteiger partial charge in [0.15, 0.2) is 17.4 Å². The van der Waals surface area contributed by atoms with Crippen molar-refractivity contribution in [1.29, 1.82) is 0 Å². The number of piperidine rings is 1. The van der Waals surface area contributed by atoms with Gasteiger partial charge in [0, 0.05) is 12.6 Å². The lowest BCUT2D eigenvalue weighted by molar-refractivity contribution is -0.156. The zero-order valence-electron chi connectivity index (χ0n) is 18.1. The Kier molecular flexibility index (Phi) is 8.85. The number of halogens is 4. The average Bonchev–Trinajstić information content (AvgIpc) is 2.70. The number of ether oxygens (including phenoxy) is 2. The van der Waals surface area contributed by atoms with Gasteiger partial charge in [0.2, 0.25) is 17.5 Å². The highest BCUT2D eigenvalue weighted by Gasteiger charge is 2.31. The number of carbonyl (C=O) groups is 2. The molecular formula is C21H28F4N2O5. The summed E-state index contributed by atoms with van der Waals surface area (Å²) < 4.78 is 64.3. The molecule has 0 spiro atoms. The standard InChI is InChI=1S/C21H28F4N2O5/c1-21(2,3)32-16(29)8-14(27-20(30)11-5-4-6-26-9-11)15(28)10-31-19-17(24)12(22)7-13(23)18(19)25/h7,11,14-15,26,28H,4-6,8-10H2,1-3H3,(H,27,30)/t11-,14-,15?/m0/s1. The Hall–Kier alpha value is -2.40. The number of rotatable bonds is 8. The number of aliphatic hydroxyl groups excluding tert-OH is 1. The number of amides is 1. The second kappa shape index (κ2) is 11.0. The molecule has 1 unspecified atom stereocenters. The van der Waals surface area contributed by atoms with Crippen molar-refractivity contribution in [3.8, 4) is 5.75 Å². The largest absolute Gasteiger partial charge is 0.485 e. The Morgan fingerprint density at radius 2 is 1.84 bits per heavy atom. The van der Waals surface area contributed by atoms with Crippen LogP contribution in [0.3, 0.4) is 0 Å². The molecule has 3 N–H and O–H groups in total. The zero-order chi connectivity index (χ0) is 24.1. The zero-order valence-corrected chi connectivity index (χ0v) is 18.1. The molecule has 180 valence electrons. The minimum Gasteiger partial charge on any atom is -0.485 e. The van der Waals surface area contributed by atoms with E-state index in [2.05, 4.69) is 10.6 Å². The van der Waals surface area contributed by atoms with Gasteiger partial charge < -0.3 is 25.2 Å². The van der Waals surface area contributed by atoms with Gasteiger partial charge in [0.1, 0.15) is 18.3 Å². The van der Waals surface area contributed by atoms with Crippen molar-refractivity contribution in [2.45, 2.75) is 57.8 Å². The molecule has 1 aromatic carbocycles. The summed E-state index contributed by atoms with van der Waals surface area (Å²) in [5.74, 6) is -9.79. The Balaban J connectivity index is 2.13. The fourth-order valence-electron chi connectivity index (χ4n) is 3.19. The topological polar surface area (TPSA) is 96.9 Å². The molecule has 1 fully saturated rings. The molecule has 1 amide bonds. The fourth-order valence-corrected chi connectivity index (χ4v) is 3.19. The van der Waals surface area contributed by atoms with Crippen molar-refractivity contribution in [3.63, 3.8) is 0 Å². The molecule has 0 aliphatic carbocycles. The molecule has 1 aliphatic heterocycles. The van der Waals surface area contributed by atoms with Crippen molar-refractivity contribution < 1.29 is 41.7 Å². The van der Waals surface area contributed by atoms with Crippen LogP contribution in [0.4, 0.5) is 17.6 Å². The Morgan fingerprint density at radius 1 is 1.22 bits per heavy atom. The summed E-state index contributed by atoms with van der Waals surface area (Å²) in [7, 11) is 0. The number of hydrogen-bond acceptors (Lipinski definition) is 6. The maximum Gasteiger partial charge on any atom is 0.308 e. The third-order valence-electron chi connectivity index (χ3n) is 4.74. The first-order chi connectivity index (χ1) is 14.9. The highest BCUT2D eigenvalue weighted by atomic mass is 19.2. The molecule has 0 bridgehead atoms. The van der Waals surface area contributed by atoms with Gasteiger partial charge in [-0.25, -0.2) is 8.78 Å². The van der Waals surface area contributed by atoms with E-state index in [4.69, 9.17) is 9.47 Å². The van der Waals surface area contributed by atoms with E-state index in [-0.39, 0.29) is 6.07 Å². The van der Waals surface area contributed by atoms with Gasteiger partial charge >= 0.3 is 5.97 Å². The van der Waals surface area contributed by atoms with Gasteiger partial charge in [-0.3, -0.25) is 9.59 Å². The first kappa shape index (κ1) is 25.9. The number of benzene rings is 1. The van der Waals surface area contributed by atoms with Crippen LogP contribution in [0.1, 0.15) is 40.0 Å². The van der Waals surface area contributed by atoms with Crippen LogP contribution in [0.15, 0.2) is 6.07 Å². The minimum absolute atomic E-state index is 0.0255. The molecule has 3 atom stereocenters. The minimum atomic E-state index is -1.77. The summed E-state index contributed by atoms with van der Waals surface area (Å²) in [6.45, 7) is 5.23. The predicted molar refractivity (Wildman–Crippen MR) is 106 cm³/mol. The van der Waals surface area contributed by atoms with Gasteiger partial charge in [0.25, 0.3) is 0 Å². The van der Waals surface area contributed by atoms with Gasteiger partial charge in [0.05, 0.1) is 18.4 Å². The van der Waals surface area contributed by atoms with Crippen LogP contribution in [-0.4, -0.2) is 54.4 Å². The van der Waals surface area contributed by atoms with E-state index in [1.54, 1.807) is 20.8 Å². The summed E-state index contributed by atoms with van der Waals surface area (Å²) >= 11 is 0. The van der Waals surface area contributed by atoms with E-state index >= 15 is 0 Å². The highest BCUT2D eigenvalue weighted by molar-refractivity contribution is 5.80. The van der Waals surface area contributed by atoms with E-state index in [0.717, 1.165) is 13.0 Å². The number of nitrogens with one attached hydrogen (secondary N) is 2. The monoisotopic (exact) mass is 464 g/mol. The third kappa shape index (κ3) is 7.33. The maximum atomic E-state index is 13.8. The summed E-state index contributed by atoms with van der Waals surface area (Å²) in [6, 6.07) is -1.21. The Bertz CT molecular complexity index is 799. The first-order valence-electron chi connectivity index (χ1n) is 10.3. The van der Waals surface area contributed by atoms with Crippen LogP contribution in [0.25, 0.3) is 0 Å². The molecule has 1 heterocycles. The second-order valence-electron chi connectivity index (χ2n) is 8.62. The molecule has 1 aromatic rings. The van der Waals surface area contributed by atoms with Crippen LogP contribution in [0.5, 0.6) is 5.75 Å². The molecule has 0 radical (unpaired) electrons. The molecule has 7 nitrogen and oxygen atoms in total. The Labute approximate surface area is 183 Å². The van der Waals surface area contributed by atoms with Gasteiger partial charge in [-0.05, 0) is 40.2 Å². The van der Waals surface area contributed by atoms with Crippen LogP contribution >= 0.6 is 0 Å². The fraction of sp³-hybridized carbons (Fsp3) is 0.619. The van der Waals surface area contributed by atoms with Crippen molar-refractivity contribution >= 4 is 11.9 Å². The summed E-state index contributed by atoms with van der Waals surface area (Å²) in [4.78, 5) is 24.8. The highest BCUT2D eigenvalue weighted by Crippen LogP contribution is 2.27. The number of carbonyl (C=O) groups excluding carboxylic acids is 2. The summed E-state index contributed by atoms with van der Waals surface area (Å²) in [5.41, 5.74) is -0.828. The van der Waals surface area contributed by atoms with Gasteiger partial charge in [-0.2, -0.15) is 8.78 Å². The van der Waals surface area contributed by atoms with E-state index < -0.39 is 77.6 Å². The lowest BCUT2D eigenvalue weighted by atomic mass is 9.97. The lowest BCUT2D eigenvalue weighted by Crippen LogP contribution is -2.51. The average molecular weight is 464 g/mol. The molecular weight excluding hydrogens is 436 g/mol. The van der Waals surface area contributed by atoms with Crippen molar-refractivity contribution in [2.24, 2.45) is 5.92 Å². The van der Waals surface area contributed by atoms with E-state index in [1.807, 2.05) is 0 Å². The molecule has 32 heavy (non-hydrogen) atoms. The Morgan fingerprint density at radius 3 is 2.38 bits per heavy atom. The summed E-state index contributed by atoms with van der Waals surface area (Å²) in [5, 5.41) is 16.1. The quantitative estimate of drug-likeness (QED) is 0.310. The van der Waals surface area contributed by atoms with Crippen LogP contribution in [0, 0.1) is 29.2 Å². The summed E-state index contributed by atoms with van der Waals surface area (Å²) in [6.07, 6.45) is -0.739. The second-order valence-corrected chi connectivity index (χ2v) is 8.62. The number of aliphatic hydroxyl groups is 1.